The summed E-state index contributed by atoms with van der Waals surface area (Å²) in [6, 6.07) is 0. The van der Waals surface area contributed by atoms with Gasteiger partial charge in [-0.25, -0.2) is 0 Å². The maximum atomic E-state index is 11.9. The third-order valence-corrected chi connectivity index (χ3v) is 12.2. The number of halogens is 1. The van der Waals surface area contributed by atoms with Gasteiger partial charge in [0.05, 0.1) is 5.60 Å². The Balaban J connectivity index is 1.59. The molecule has 3 fully saturated rings. The zero-order chi connectivity index (χ0) is 18.7. The van der Waals surface area contributed by atoms with Crippen LogP contribution in [0.5, 0.6) is 0 Å². The molecule has 0 amide bonds. The number of fused-ring (bicyclic) bond motifs is 5. The Kier molecular flexibility index (Phi) is 4.77. The first kappa shape index (κ1) is 19.2. The molecular weight excluding hydrogens is 360 g/mol. The number of carbonyl (C=O) groups is 1. The topological polar surface area (TPSA) is 26.3 Å². The summed E-state index contributed by atoms with van der Waals surface area (Å²) in [5.74, 6) is 3.48. The van der Waals surface area contributed by atoms with Gasteiger partial charge in [-0.05, 0) is 100 Å². The fourth-order valence-corrected chi connectivity index (χ4v) is 8.98. The zero-order valence-electron chi connectivity index (χ0n) is 16.9. The summed E-state index contributed by atoms with van der Waals surface area (Å²) < 4.78 is 6.86. The van der Waals surface area contributed by atoms with Gasteiger partial charge in [-0.3, -0.25) is 4.79 Å². The first-order valence-corrected chi connectivity index (χ1v) is 14.3. The summed E-state index contributed by atoms with van der Waals surface area (Å²) in [5.41, 5.74) is 2.45. The highest BCUT2D eigenvalue weighted by Crippen LogP contribution is 2.66. The van der Waals surface area contributed by atoms with Crippen molar-refractivity contribution in [2.75, 3.05) is 5.50 Å². The molecule has 0 aliphatic heterocycles. The van der Waals surface area contributed by atoms with Gasteiger partial charge in [0, 0.05) is 11.9 Å². The van der Waals surface area contributed by atoms with E-state index in [4.69, 9.17) is 16.0 Å². The van der Waals surface area contributed by atoms with Crippen molar-refractivity contribution in [3.05, 3.63) is 11.6 Å². The van der Waals surface area contributed by atoms with Crippen molar-refractivity contribution in [3.63, 3.8) is 0 Å². The molecule has 26 heavy (non-hydrogen) atoms. The predicted molar refractivity (Wildman–Crippen MR) is 110 cm³/mol. The van der Waals surface area contributed by atoms with Crippen LogP contribution in [0, 0.1) is 29.1 Å². The standard InChI is InChI=1S/C22H35ClO2Si/c1-21-11-9-18-17-8-6-16(24)13-15(17)5-7-19(18)20(21)10-12-22(21,2)25-26(3,4)14-23/h13,17-20H,5-12,14H2,1-4H3/t17-,18+,19+,20-,21-,22-/m0/s1. The van der Waals surface area contributed by atoms with Crippen LogP contribution in [-0.4, -0.2) is 25.2 Å². The molecule has 0 N–H and O–H groups in total. The lowest BCUT2D eigenvalue weighted by atomic mass is 9.51. The minimum atomic E-state index is -1.80. The van der Waals surface area contributed by atoms with Crippen molar-refractivity contribution < 1.29 is 9.22 Å². The Morgan fingerprint density at radius 2 is 1.88 bits per heavy atom. The summed E-state index contributed by atoms with van der Waals surface area (Å²) >= 11 is 6.26. The average molecular weight is 395 g/mol. The first-order valence-electron chi connectivity index (χ1n) is 10.7. The molecule has 0 heterocycles. The first-order chi connectivity index (χ1) is 12.2. The van der Waals surface area contributed by atoms with E-state index in [0.717, 1.165) is 37.0 Å². The Morgan fingerprint density at radius 1 is 1.12 bits per heavy atom. The SMILES string of the molecule is C[C@]12CC[C@H]3[C@@H](CCC4=CC(=O)CC[C@@H]43)[C@@H]1CC[C@]2(C)O[Si](C)(C)CCl. The van der Waals surface area contributed by atoms with Gasteiger partial charge in [0.15, 0.2) is 5.78 Å². The summed E-state index contributed by atoms with van der Waals surface area (Å²) in [4.78, 5) is 11.9. The molecule has 0 aromatic heterocycles. The van der Waals surface area contributed by atoms with Crippen LogP contribution in [0.2, 0.25) is 13.1 Å². The van der Waals surface area contributed by atoms with Crippen LogP contribution in [0.3, 0.4) is 0 Å². The van der Waals surface area contributed by atoms with E-state index in [9.17, 15) is 4.79 Å². The van der Waals surface area contributed by atoms with E-state index in [-0.39, 0.29) is 11.0 Å². The van der Waals surface area contributed by atoms with Crippen LogP contribution < -0.4 is 0 Å². The fourth-order valence-electron chi connectivity index (χ4n) is 7.21. The maximum absolute atomic E-state index is 11.9. The molecule has 0 aromatic rings. The molecule has 6 atom stereocenters. The zero-order valence-corrected chi connectivity index (χ0v) is 18.7. The second-order valence-corrected chi connectivity index (χ2v) is 15.3. The quantitative estimate of drug-likeness (QED) is 0.440. The van der Waals surface area contributed by atoms with E-state index in [0.29, 0.717) is 17.2 Å². The number of hydrogen-bond donors (Lipinski definition) is 0. The van der Waals surface area contributed by atoms with Gasteiger partial charge in [-0.1, -0.05) is 12.5 Å². The average Bonchev–Trinajstić information content (AvgIpc) is 2.85. The van der Waals surface area contributed by atoms with Crippen LogP contribution in [0.25, 0.3) is 0 Å². The lowest BCUT2D eigenvalue weighted by molar-refractivity contribution is -0.117. The number of hydrogen-bond acceptors (Lipinski definition) is 2. The molecule has 2 nitrogen and oxygen atoms in total. The molecule has 4 aliphatic rings. The van der Waals surface area contributed by atoms with Crippen molar-refractivity contribution in [2.45, 2.75) is 83.9 Å². The Labute approximate surface area is 165 Å². The summed E-state index contributed by atoms with van der Waals surface area (Å²) in [6.07, 6.45) is 11.4. The molecule has 4 heteroatoms. The van der Waals surface area contributed by atoms with E-state index in [1.54, 1.807) is 0 Å². The van der Waals surface area contributed by atoms with E-state index < -0.39 is 8.32 Å². The van der Waals surface area contributed by atoms with Crippen molar-refractivity contribution in [1.29, 1.82) is 0 Å². The minimum Gasteiger partial charge on any atom is -0.410 e. The molecule has 0 aromatic carbocycles. The highest BCUT2D eigenvalue weighted by atomic mass is 35.5. The number of allylic oxidation sites excluding steroid dienone is 1. The van der Waals surface area contributed by atoms with Gasteiger partial charge in [-0.2, -0.15) is 0 Å². The Morgan fingerprint density at radius 3 is 2.62 bits per heavy atom. The molecule has 4 rings (SSSR count). The number of carbonyl (C=O) groups excluding carboxylic acids is 1. The molecule has 0 bridgehead atoms. The second kappa shape index (κ2) is 6.45. The van der Waals surface area contributed by atoms with Crippen molar-refractivity contribution in [2.24, 2.45) is 29.1 Å². The largest absolute Gasteiger partial charge is 0.410 e. The van der Waals surface area contributed by atoms with Crippen LogP contribution in [0.1, 0.15) is 65.2 Å². The smallest absolute Gasteiger partial charge is 0.202 e. The van der Waals surface area contributed by atoms with Crippen LogP contribution >= 0.6 is 11.6 Å². The fraction of sp³-hybridized carbons (Fsp3) is 0.864. The molecule has 3 saturated carbocycles. The van der Waals surface area contributed by atoms with Crippen LogP contribution in [0.4, 0.5) is 0 Å². The number of alkyl halides is 1. The van der Waals surface area contributed by atoms with Gasteiger partial charge in [0.25, 0.3) is 0 Å². The van der Waals surface area contributed by atoms with E-state index in [2.05, 4.69) is 26.9 Å². The molecule has 0 saturated heterocycles. The highest BCUT2D eigenvalue weighted by Gasteiger charge is 2.62. The third-order valence-electron chi connectivity index (χ3n) is 8.65. The molecular formula is C22H35ClO2Si. The van der Waals surface area contributed by atoms with Gasteiger partial charge >= 0.3 is 0 Å². The molecule has 0 spiro atoms. The number of rotatable bonds is 3. The molecule has 0 unspecified atom stereocenters. The van der Waals surface area contributed by atoms with Gasteiger partial charge in [-0.15, -0.1) is 11.6 Å². The van der Waals surface area contributed by atoms with E-state index >= 15 is 0 Å². The second-order valence-electron chi connectivity index (χ2n) is 10.5. The predicted octanol–water partition coefficient (Wildman–Crippen LogP) is 5.89. The van der Waals surface area contributed by atoms with Gasteiger partial charge in [0.2, 0.25) is 8.32 Å². The third kappa shape index (κ3) is 2.88. The summed E-state index contributed by atoms with van der Waals surface area (Å²) in [5, 5.41) is 0. The maximum Gasteiger partial charge on any atom is 0.202 e. The molecule has 0 radical (unpaired) electrons. The lowest BCUT2D eigenvalue weighted by Gasteiger charge is -2.57. The van der Waals surface area contributed by atoms with Crippen molar-refractivity contribution in [1.82, 2.24) is 0 Å². The van der Waals surface area contributed by atoms with Crippen molar-refractivity contribution in [3.8, 4) is 0 Å². The van der Waals surface area contributed by atoms with Crippen LogP contribution in [0.15, 0.2) is 11.6 Å². The van der Waals surface area contributed by atoms with E-state index in [1.807, 2.05) is 6.08 Å². The number of ketones is 1. The summed E-state index contributed by atoms with van der Waals surface area (Å²) in [6.45, 7) is 9.45. The van der Waals surface area contributed by atoms with E-state index in [1.165, 1.54) is 37.7 Å². The highest BCUT2D eigenvalue weighted by molar-refractivity contribution is 6.77. The molecule has 4 aliphatic carbocycles. The minimum absolute atomic E-state index is 0.00804. The van der Waals surface area contributed by atoms with Gasteiger partial charge < -0.3 is 4.43 Å². The van der Waals surface area contributed by atoms with Crippen LogP contribution in [-0.2, 0) is 9.22 Å². The Hall–Kier alpha value is -0.123. The Bertz CT molecular complexity index is 630. The molecule has 146 valence electrons. The lowest BCUT2D eigenvalue weighted by Crippen LogP contribution is -2.56. The normalized spacial score (nSPS) is 45.6. The summed E-state index contributed by atoms with van der Waals surface area (Å²) in [7, 11) is -1.80. The monoisotopic (exact) mass is 394 g/mol. The van der Waals surface area contributed by atoms with Crippen molar-refractivity contribution >= 4 is 25.7 Å². The van der Waals surface area contributed by atoms with Gasteiger partial charge in [0.1, 0.15) is 0 Å².